The third-order valence-corrected chi connectivity index (χ3v) is 2.13. The normalized spacial score (nSPS) is 9.82. The van der Waals surface area contributed by atoms with E-state index in [0.717, 1.165) is 0 Å². The zero-order valence-corrected chi connectivity index (χ0v) is 10.1. The van der Waals surface area contributed by atoms with Gasteiger partial charge >= 0.3 is 5.97 Å². The maximum Gasteiger partial charge on any atom is 0.311 e. The quantitative estimate of drug-likeness (QED) is 0.630. The van der Waals surface area contributed by atoms with Crippen molar-refractivity contribution in [1.29, 1.82) is 0 Å². The molecule has 0 atom stereocenters. The van der Waals surface area contributed by atoms with Crippen molar-refractivity contribution in [2.75, 3.05) is 14.2 Å². The largest absolute Gasteiger partial charge is 0.504 e. The van der Waals surface area contributed by atoms with Crippen LogP contribution in [0, 0.1) is 0 Å². The Morgan fingerprint density at radius 2 is 2.00 bits per heavy atom. The van der Waals surface area contributed by atoms with Gasteiger partial charge in [0.25, 0.3) is 0 Å². The first-order valence-corrected chi connectivity index (χ1v) is 5.28. The van der Waals surface area contributed by atoms with Gasteiger partial charge in [0, 0.05) is 18.6 Å². The summed E-state index contributed by atoms with van der Waals surface area (Å²) in [6.45, 7) is 1.88. The lowest BCUT2D eigenvalue weighted by molar-refractivity contribution is -0.134. The Morgan fingerprint density at radius 1 is 1.29 bits per heavy atom. The summed E-state index contributed by atoms with van der Waals surface area (Å²) in [5.74, 6) is 0.158. The minimum Gasteiger partial charge on any atom is -0.504 e. The number of hydrogen-bond acceptors (Lipinski definition) is 5. The molecule has 0 unspecified atom stereocenters. The summed E-state index contributed by atoms with van der Waals surface area (Å²) in [7, 11) is 2.84. The Balaban J connectivity index is 3.02. The van der Waals surface area contributed by atoms with Gasteiger partial charge in [-0.25, -0.2) is 0 Å². The van der Waals surface area contributed by atoms with Crippen molar-refractivity contribution in [3.8, 4) is 23.0 Å². The van der Waals surface area contributed by atoms with Crippen molar-refractivity contribution in [2.24, 2.45) is 0 Å². The summed E-state index contributed by atoms with van der Waals surface area (Å²) in [6, 6.07) is 2.88. The van der Waals surface area contributed by atoms with Gasteiger partial charge in [-0.3, -0.25) is 4.79 Å². The Labute approximate surface area is 99.9 Å². The van der Waals surface area contributed by atoms with E-state index in [2.05, 4.69) is 0 Å². The topological polar surface area (TPSA) is 65.0 Å². The van der Waals surface area contributed by atoms with Gasteiger partial charge in [-0.1, -0.05) is 6.92 Å². The first-order valence-electron chi connectivity index (χ1n) is 5.28. The van der Waals surface area contributed by atoms with Crippen LogP contribution in [0.3, 0.4) is 0 Å². The molecule has 0 bridgehead atoms. The summed E-state index contributed by atoms with van der Waals surface area (Å²) in [6.07, 6.45) is 0.998. The Hall–Kier alpha value is -1.91. The molecule has 0 saturated carbocycles. The Bertz CT molecular complexity index is 400. The zero-order chi connectivity index (χ0) is 12.8. The van der Waals surface area contributed by atoms with Crippen LogP contribution >= 0.6 is 0 Å². The van der Waals surface area contributed by atoms with Crippen LogP contribution in [0.25, 0.3) is 0 Å². The molecule has 0 heterocycles. The number of esters is 1. The van der Waals surface area contributed by atoms with Gasteiger partial charge in [-0.15, -0.1) is 0 Å². The summed E-state index contributed by atoms with van der Waals surface area (Å²) in [5.41, 5.74) is 0. The number of rotatable bonds is 5. The van der Waals surface area contributed by atoms with Gasteiger partial charge in [0.05, 0.1) is 14.2 Å². The van der Waals surface area contributed by atoms with Crippen molar-refractivity contribution in [3.63, 3.8) is 0 Å². The van der Waals surface area contributed by atoms with Gasteiger partial charge in [0.2, 0.25) is 5.75 Å². The van der Waals surface area contributed by atoms with E-state index in [0.29, 0.717) is 18.6 Å². The second kappa shape index (κ2) is 5.98. The van der Waals surface area contributed by atoms with Crippen molar-refractivity contribution in [2.45, 2.75) is 19.8 Å². The number of methoxy groups -OCH3 is 2. The van der Waals surface area contributed by atoms with Crippen molar-refractivity contribution >= 4 is 5.97 Å². The standard InChI is InChI=1S/C12H16O5/c1-4-5-11(14)17-10-7-8(15-2)6-9(13)12(10)16-3/h6-7,13H,4-5H2,1-3H3. The average Bonchev–Trinajstić information content (AvgIpc) is 2.28. The number of ether oxygens (including phenoxy) is 3. The molecule has 0 spiro atoms. The SMILES string of the molecule is CCCC(=O)Oc1cc(OC)cc(O)c1OC. The Kier molecular flexibility index (Phi) is 4.63. The molecule has 0 amide bonds. The molecule has 0 saturated heterocycles. The maximum absolute atomic E-state index is 11.4. The lowest BCUT2D eigenvalue weighted by Gasteiger charge is -2.12. The maximum atomic E-state index is 11.4. The molecule has 1 aromatic rings. The minimum atomic E-state index is -0.376. The second-order valence-corrected chi connectivity index (χ2v) is 3.40. The summed E-state index contributed by atoms with van der Waals surface area (Å²) >= 11 is 0. The molecule has 0 fully saturated rings. The summed E-state index contributed by atoms with van der Waals surface area (Å²) < 4.78 is 15.0. The van der Waals surface area contributed by atoms with Crippen molar-refractivity contribution in [3.05, 3.63) is 12.1 Å². The van der Waals surface area contributed by atoms with E-state index in [1.54, 1.807) is 0 Å². The molecule has 5 heteroatoms. The van der Waals surface area contributed by atoms with E-state index in [-0.39, 0.29) is 23.2 Å². The second-order valence-electron chi connectivity index (χ2n) is 3.40. The number of carbonyl (C=O) groups is 1. The highest BCUT2D eigenvalue weighted by molar-refractivity contribution is 5.74. The van der Waals surface area contributed by atoms with Gasteiger partial charge in [0.1, 0.15) is 5.75 Å². The van der Waals surface area contributed by atoms with E-state index in [4.69, 9.17) is 14.2 Å². The molecular weight excluding hydrogens is 224 g/mol. The molecular formula is C12H16O5. The molecule has 0 aliphatic rings. The van der Waals surface area contributed by atoms with Crippen LogP contribution in [0.2, 0.25) is 0 Å². The van der Waals surface area contributed by atoms with Crippen LogP contribution in [0.15, 0.2) is 12.1 Å². The van der Waals surface area contributed by atoms with Crippen LogP contribution < -0.4 is 14.2 Å². The van der Waals surface area contributed by atoms with Crippen LogP contribution in [-0.4, -0.2) is 25.3 Å². The van der Waals surface area contributed by atoms with Crippen LogP contribution in [0.1, 0.15) is 19.8 Å². The van der Waals surface area contributed by atoms with Gasteiger partial charge in [-0.05, 0) is 6.42 Å². The number of hydrogen-bond donors (Lipinski definition) is 1. The van der Waals surface area contributed by atoms with Crippen LogP contribution in [0.4, 0.5) is 0 Å². The highest BCUT2D eigenvalue weighted by atomic mass is 16.6. The van der Waals surface area contributed by atoms with E-state index in [1.165, 1.54) is 26.4 Å². The van der Waals surface area contributed by atoms with Gasteiger partial charge < -0.3 is 19.3 Å². The van der Waals surface area contributed by atoms with Crippen molar-refractivity contribution < 1.29 is 24.1 Å². The molecule has 0 radical (unpaired) electrons. The number of aromatic hydroxyl groups is 1. The smallest absolute Gasteiger partial charge is 0.311 e. The fourth-order valence-electron chi connectivity index (χ4n) is 1.34. The Morgan fingerprint density at radius 3 is 2.53 bits per heavy atom. The van der Waals surface area contributed by atoms with Gasteiger partial charge in [-0.2, -0.15) is 0 Å². The predicted octanol–water partition coefficient (Wildman–Crippen LogP) is 2.11. The molecule has 1 aromatic carbocycles. The lowest BCUT2D eigenvalue weighted by atomic mass is 10.2. The van der Waals surface area contributed by atoms with Crippen LogP contribution in [0.5, 0.6) is 23.0 Å². The molecule has 0 aliphatic heterocycles. The molecule has 0 aromatic heterocycles. The van der Waals surface area contributed by atoms with Crippen molar-refractivity contribution in [1.82, 2.24) is 0 Å². The summed E-state index contributed by atoms with van der Waals surface area (Å²) in [5, 5.41) is 9.65. The van der Waals surface area contributed by atoms with Crippen LogP contribution in [-0.2, 0) is 4.79 Å². The third kappa shape index (κ3) is 3.27. The van der Waals surface area contributed by atoms with E-state index in [1.807, 2.05) is 6.92 Å². The zero-order valence-electron chi connectivity index (χ0n) is 10.1. The number of carbonyl (C=O) groups excluding carboxylic acids is 1. The fourth-order valence-corrected chi connectivity index (χ4v) is 1.34. The summed E-state index contributed by atoms with van der Waals surface area (Å²) in [4.78, 5) is 11.4. The van der Waals surface area contributed by atoms with E-state index >= 15 is 0 Å². The molecule has 5 nitrogen and oxygen atoms in total. The molecule has 1 rings (SSSR count). The fraction of sp³-hybridized carbons (Fsp3) is 0.417. The molecule has 0 aliphatic carbocycles. The predicted molar refractivity (Wildman–Crippen MR) is 61.8 cm³/mol. The monoisotopic (exact) mass is 240 g/mol. The molecule has 94 valence electrons. The first-order chi connectivity index (χ1) is 8.12. The highest BCUT2D eigenvalue weighted by Crippen LogP contribution is 2.40. The average molecular weight is 240 g/mol. The highest BCUT2D eigenvalue weighted by Gasteiger charge is 2.15. The molecule has 17 heavy (non-hydrogen) atoms. The number of benzene rings is 1. The third-order valence-electron chi connectivity index (χ3n) is 2.13. The van der Waals surface area contributed by atoms with E-state index in [9.17, 15) is 9.90 Å². The van der Waals surface area contributed by atoms with Gasteiger partial charge in [0.15, 0.2) is 11.5 Å². The molecule has 1 N–H and O–H groups in total. The number of phenolic OH excluding ortho intramolecular Hbond substituents is 1. The minimum absolute atomic E-state index is 0.121. The van der Waals surface area contributed by atoms with E-state index < -0.39 is 0 Å². The first kappa shape index (κ1) is 13.2. The lowest BCUT2D eigenvalue weighted by Crippen LogP contribution is -2.08. The number of phenols is 1.